The molecule has 31 heavy (non-hydrogen) atoms. The van der Waals surface area contributed by atoms with Gasteiger partial charge in [0.1, 0.15) is 5.75 Å². The lowest BCUT2D eigenvalue weighted by Crippen LogP contribution is -2.47. The smallest absolute Gasteiger partial charge is 0.416 e. The van der Waals surface area contributed by atoms with Crippen LogP contribution in [-0.4, -0.2) is 42.5 Å². The summed E-state index contributed by atoms with van der Waals surface area (Å²) in [6, 6.07) is 11.5. The van der Waals surface area contributed by atoms with Crippen LogP contribution in [0.4, 0.5) is 13.2 Å². The van der Waals surface area contributed by atoms with E-state index in [0.29, 0.717) is 39.0 Å². The van der Waals surface area contributed by atoms with E-state index in [-0.39, 0.29) is 17.5 Å². The molecule has 2 aromatic carbocycles. The molecule has 0 spiro atoms. The van der Waals surface area contributed by atoms with Crippen molar-refractivity contribution in [1.29, 1.82) is 0 Å². The van der Waals surface area contributed by atoms with Gasteiger partial charge in [-0.05, 0) is 61.7 Å². The summed E-state index contributed by atoms with van der Waals surface area (Å²) in [5.41, 5.74) is 0.302. The van der Waals surface area contributed by atoms with E-state index >= 15 is 0 Å². The van der Waals surface area contributed by atoms with Gasteiger partial charge in [-0.15, -0.1) is 0 Å². The Morgan fingerprint density at radius 3 is 2.19 bits per heavy atom. The van der Waals surface area contributed by atoms with Crippen molar-refractivity contribution in [3.05, 3.63) is 65.2 Å². The summed E-state index contributed by atoms with van der Waals surface area (Å²) in [7, 11) is 0. The maximum Gasteiger partial charge on any atom is 0.416 e. The summed E-state index contributed by atoms with van der Waals surface area (Å²) in [6.45, 7) is 3.54. The molecule has 1 fully saturated rings. The van der Waals surface area contributed by atoms with Crippen LogP contribution in [0.25, 0.3) is 0 Å². The second-order valence-corrected chi connectivity index (χ2v) is 7.46. The third kappa shape index (κ3) is 6.23. The Balaban J connectivity index is 1.46. The molecule has 0 unspecified atom stereocenters. The molecule has 3 rings (SSSR count). The number of likely N-dealkylation sites (tertiary alicyclic amines) is 1. The minimum atomic E-state index is -4.43. The number of halogens is 3. The lowest BCUT2D eigenvalue weighted by molar-refractivity contribution is -0.137. The number of rotatable bonds is 6. The number of alkyl halides is 3. The number of nitrogens with zero attached hydrogens (tertiary/aromatic N) is 1. The number of hydrogen-bond acceptors (Lipinski definition) is 3. The van der Waals surface area contributed by atoms with Gasteiger partial charge >= 0.3 is 6.18 Å². The van der Waals surface area contributed by atoms with Crippen molar-refractivity contribution < 1.29 is 27.5 Å². The van der Waals surface area contributed by atoms with Gasteiger partial charge in [-0.3, -0.25) is 9.59 Å². The van der Waals surface area contributed by atoms with E-state index in [1.54, 1.807) is 4.90 Å². The van der Waals surface area contributed by atoms with Gasteiger partial charge in [-0.2, -0.15) is 13.2 Å². The minimum absolute atomic E-state index is 0.0247. The zero-order valence-corrected chi connectivity index (χ0v) is 17.2. The number of piperidine rings is 1. The Labute approximate surface area is 179 Å². The minimum Gasteiger partial charge on any atom is -0.494 e. The number of benzene rings is 2. The van der Waals surface area contributed by atoms with E-state index in [1.807, 2.05) is 31.2 Å². The fraction of sp³-hybridized carbons (Fsp3) is 0.391. The van der Waals surface area contributed by atoms with E-state index in [2.05, 4.69) is 5.32 Å². The number of carbonyl (C=O) groups excluding carboxylic acids is 2. The molecule has 0 aromatic heterocycles. The Morgan fingerprint density at radius 1 is 1.03 bits per heavy atom. The van der Waals surface area contributed by atoms with E-state index in [4.69, 9.17) is 4.74 Å². The number of amides is 2. The van der Waals surface area contributed by atoms with E-state index in [9.17, 15) is 22.8 Å². The lowest BCUT2D eigenvalue weighted by Gasteiger charge is -2.32. The SMILES string of the molecule is CCOc1ccc(CC(=O)N2CCC(NC(=O)c3ccc(C(F)(F)F)cc3)CC2)cc1. The predicted molar refractivity (Wildman–Crippen MR) is 110 cm³/mol. The molecule has 1 N–H and O–H groups in total. The second-order valence-electron chi connectivity index (χ2n) is 7.46. The molecular weight excluding hydrogens is 409 g/mol. The maximum atomic E-state index is 12.6. The molecule has 0 bridgehead atoms. The number of hydrogen-bond donors (Lipinski definition) is 1. The first-order valence-corrected chi connectivity index (χ1v) is 10.2. The zero-order chi connectivity index (χ0) is 22.4. The van der Waals surface area contributed by atoms with Crippen LogP contribution in [0.5, 0.6) is 5.75 Å². The largest absolute Gasteiger partial charge is 0.494 e. The molecule has 166 valence electrons. The van der Waals surface area contributed by atoms with Crippen molar-refractivity contribution in [2.75, 3.05) is 19.7 Å². The molecule has 0 radical (unpaired) electrons. The second kappa shape index (κ2) is 9.85. The van der Waals surface area contributed by atoms with Crippen LogP contribution in [-0.2, 0) is 17.4 Å². The molecule has 5 nitrogen and oxygen atoms in total. The monoisotopic (exact) mass is 434 g/mol. The number of carbonyl (C=O) groups is 2. The first kappa shape index (κ1) is 22.7. The Morgan fingerprint density at radius 2 is 1.65 bits per heavy atom. The topological polar surface area (TPSA) is 58.6 Å². The van der Waals surface area contributed by atoms with Crippen molar-refractivity contribution in [2.24, 2.45) is 0 Å². The molecule has 0 aliphatic carbocycles. The Kier molecular flexibility index (Phi) is 7.20. The molecule has 0 saturated carbocycles. The van der Waals surface area contributed by atoms with Crippen LogP contribution < -0.4 is 10.1 Å². The van der Waals surface area contributed by atoms with Crippen molar-refractivity contribution in [2.45, 2.75) is 38.4 Å². The summed E-state index contributed by atoms with van der Waals surface area (Å²) in [4.78, 5) is 26.7. The standard InChI is InChI=1S/C23H25F3N2O3/c1-2-31-20-9-3-16(4-10-20)15-21(29)28-13-11-19(12-14-28)27-22(30)17-5-7-18(8-6-17)23(24,25)26/h3-10,19H,2,11-15H2,1H3,(H,27,30). The van der Waals surface area contributed by atoms with Crippen molar-refractivity contribution in [3.63, 3.8) is 0 Å². The Bertz CT molecular complexity index is 888. The van der Waals surface area contributed by atoms with Gasteiger partial charge in [0.2, 0.25) is 5.91 Å². The quantitative estimate of drug-likeness (QED) is 0.746. The Hall–Kier alpha value is -3.03. The molecule has 1 saturated heterocycles. The zero-order valence-electron chi connectivity index (χ0n) is 17.2. The number of nitrogens with one attached hydrogen (secondary N) is 1. The van der Waals surface area contributed by atoms with Crippen LogP contribution in [0.1, 0.15) is 41.3 Å². The van der Waals surface area contributed by atoms with Crippen LogP contribution in [0, 0.1) is 0 Å². The third-order valence-electron chi connectivity index (χ3n) is 5.25. The highest BCUT2D eigenvalue weighted by Crippen LogP contribution is 2.29. The lowest BCUT2D eigenvalue weighted by atomic mass is 10.0. The van der Waals surface area contributed by atoms with Gasteiger partial charge in [-0.1, -0.05) is 12.1 Å². The summed E-state index contributed by atoms with van der Waals surface area (Å²) >= 11 is 0. The summed E-state index contributed by atoms with van der Waals surface area (Å²) in [6.07, 6.45) is -2.93. The molecular formula is C23H25F3N2O3. The molecule has 1 aliphatic heterocycles. The average Bonchev–Trinajstić information content (AvgIpc) is 2.75. The molecule has 8 heteroatoms. The van der Waals surface area contributed by atoms with Crippen LogP contribution in [0.2, 0.25) is 0 Å². The van der Waals surface area contributed by atoms with Gasteiger partial charge in [0.15, 0.2) is 0 Å². The van der Waals surface area contributed by atoms with Crippen molar-refractivity contribution >= 4 is 11.8 Å². The van der Waals surface area contributed by atoms with Gasteiger partial charge in [-0.25, -0.2) is 0 Å². The van der Waals surface area contributed by atoms with E-state index in [1.165, 1.54) is 12.1 Å². The molecule has 0 atom stereocenters. The summed E-state index contributed by atoms with van der Waals surface area (Å²) < 4.78 is 43.3. The summed E-state index contributed by atoms with van der Waals surface area (Å²) in [5, 5.41) is 2.85. The van der Waals surface area contributed by atoms with E-state index < -0.39 is 17.6 Å². The molecule has 1 aliphatic rings. The van der Waals surface area contributed by atoms with Crippen LogP contribution in [0.15, 0.2) is 48.5 Å². The van der Waals surface area contributed by atoms with Crippen molar-refractivity contribution in [3.8, 4) is 5.75 Å². The third-order valence-corrected chi connectivity index (χ3v) is 5.25. The van der Waals surface area contributed by atoms with Gasteiger partial charge in [0, 0.05) is 24.7 Å². The van der Waals surface area contributed by atoms with Gasteiger partial charge in [0.25, 0.3) is 5.91 Å². The van der Waals surface area contributed by atoms with Gasteiger partial charge in [0.05, 0.1) is 18.6 Å². The maximum absolute atomic E-state index is 12.6. The first-order chi connectivity index (χ1) is 14.8. The molecule has 1 heterocycles. The highest BCUT2D eigenvalue weighted by atomic mass is 19.4. The average molecular weight is 434 g/mol. The summed E-state index contributed by atoms with van der Waals surface area (Å²) in [5.74, 6) is 0.382. The predicted octanol–water partition coefficient (Wildman–Crippen LogP) is 4.07. The van der Waals surface area contributed by atoms with E-state index in [0.717, 1.165) is 23.4 Å². The normalized spacial score (nSPS) is 14.9. The van der Waals surface area contributed by atoms with Crippen LogP contribution >= 0.6 is 0 Å². The highest BCUT2D eigenvalue weighted by Gasteiger charge is 2.30. The fourth-order valence-electron chi connectivity index (χ4n) is 3.51. The molecule has 2 amide bonds. The van der Waals surface area contributed by atoms with Crippen LogP contribution in [0.3, 0.4) is 0 Å². The van der Waals surface area contributed by atoms with Crippen molar-refractivity contribution in [1.82, 2.24) is 10.2 Å². The number of ether oxygens (including phenoxy) is 1. The highest BCUT2D eigenvalue weighted by molar-refractivity contribution is 5.94. The fourth-order valence-corrected chi connectivity index (χ4v) is 3.51. The molecule has 2 aromatic rings. The van der Waals surface area contributed by atoms with Gasteiger partial charge < -0.3 is 15.0 Å². The first-order valence-electron chi connectivity index (χ1n) is 10.2.